The Morgan fingerprint density at radius 2 is 0.712 bits per heavy atom. The van der Waals surface area contributed by atoms with Gasteiger partial charge in [0.1, 0.15) is 17.5 Å². The predicted octanol–water partition coefficient (Wildman–Crippen LogP) is 10.8. The summed E-state index contributed by atoms with van der Waals surface area (Å²) in [6.45, 7) is 0.682. The largest absolute Gasteiger partial charge is 0.319 e. The van der Waals surface area contributed by atoms with Crippen LogP contribution in [0.5, 0.6) is 0 Å². The average molecular weight is 669 g/mol. The summed E-state index contributed by atoms with van der Waals surface area (Å²) in [6, 6.07) is 63.3. The summed E-state index contributed by atoms with van der Waals surface area (Å²) >= 11 is 0. The molecule has 0 radical (unpaired) electrons. The third kappa shape index (κ3) is 5.08. The van der Waals surface area contributed by atoms with Crippen LogP contribution in [-0.2, 0) is 6.54 Å². The molecule has 0 aliphatic rings. The maximum atomic E-state index is 5.30. The zero-order valence-corrected chi connectivity index (χ0v) is 28.2. The Morgan fingerprint density at radius 1 is 0.346 bits per heavy atom. The average Bonchev–Trinajstić information content (AvgIpc) is 3.91. The first kappa shape index (κ1) is 29.8. The highest BCUT2D eigenvalue weighted by molar-refractivity contribution is 5.89. The van der Waals surface area contributed by atoms with Crippen LogP contribution < -0.4 is 0 Å². The van der Waals surface area contributed by atoms with Crippen molar-refractivity contribution >= 4 is 33.1 Å². The van der Waals surface area contributed by atoms with Crippen LogP contribution >= 0.6 is 0 Å². The Labute approximate surface area is 300 Å². The minimum absolute atomic E-state index is 0.682. The molecule has 6 heteroatoms. The molecule has 0 bridgehead atoms. The standard InChI is InChI=1S/C46H32N6/c1-4-16-32(17-5-1)31-50-41-25-13-10-22-38(41)47-44(50)33-28-34(45-48-39-23-11-14-26-42(39)51(45)36-18-6-2-7-19-36)30-35(29-33)46-49-40-24-12-15-27-43(40)52(46)37-20-8-3-9-21-37/h1-30H,31H2. The second-order valence-electron chi connectivity index (χ2n) is 13.0. The van der Waals surface area contributed by atoms with Gasteiger partial charge < -0.3 is 4.57 Å². The zero-order chi connectivity index (χ0) is 34.4. The first-order valence-electron chi connectivity index (χ1n) is 17.5. The van der Waals surface area contributed by atoms with Gasteiger partial charge in [0.05, 0.1) is 33.1 Å². The molecule has 3 aromatic heterocycles. The molecular formula is C46H32N6. The van der Waals surface area contributed by atoms with Crippen LogP contribution in [0.25, 0.3) is 78.6 Å². The van der Waals surface area contributed by atoms with Gasteiger partial charge in [-0.1, -0.05) is 103 Å². The number of para-hydroxylation sites is 8. The molecule has 0 fully saturated rings. The van der Waals surface area contributed by atoms with E-state index in [-0.39, 0.29) is 0 Å². The molecular weight excluding hydrogens is 637 g/mol. The van der Waals surface area contributed by atoms with Gasteiger partial charge in [0.15, 0.2) is 0 Å². The van der Waals surface area contributed by atoms with E-state index in [0.29, 0.717) is 6.54 Å². The Kier molecular flexibility index (Phi) is 7.10. The summed E-state index contributed by atoms with van der Waals surface area (Å²) in [7, 11) is 0. The fourth-order valence-corrected chi connectivity index (χ4v) is 7.35. The van der Waals surface area contributed by atoms with Gasteiger partial charge in [-0.25, -0.2) is 15.0 Å². The Bertz CT molecular complexity index is 2730. The summed E-state index contributed by atoms with van der Waals surface area (Å²) in [5, 5.41) is 0. The number of hydrogen-bond donors (Lipinski definition) is 0. The van der Waals surface area contributed by atoms with E-state index in [9.17, 15) is 0 Å². The van der Waals surface area contributed by atoms with Crippen LogP contribution in [0.4, 0.5) is 0 Å². The summed E-state index contributed by atoms with van der Waals surface area (Å²) < 4.78 is 6.84. The van der Waals surface area contributed by atoms with E-state index in [1.807, 2.05) is 24.3 Å². The second kappa shape index (κ2) is 12.4. The van der Waals surface area contributed by atoms with Crippen molar-refractivity contribution in [3.05, 3.63) is 188 Å². The van der Waals surface area contributed by atoms with Gasteiger partial charge in [0.25, 0.3) is 0 Å². The molecule has 6 nitrogen and oxygen atoms in total. The molecule has 0 amide bonds. The highest BCUT2D eigenvalue weighted by Crippen LogP contribution is 2.38. The van der Waals surface area contributed by atoms with Crippen LogP contribution in [0.15, 0.2) is 182 Å². The fourth-order valence-electron chi connectivity index (χ4n) is 7.35. The molecule has 0 unspecified atom stereocenters. The van der Waals surface area contributed by atoms with Crippen molar-refractivity contribution in [3.63, 3.8) is 0 Å². The number of aromatic nitrogens is 6. The van der Waals surface area contributed by atoms with Crippen molar-refractivity contribution in [2.24, 2.45) is 0 Å². The van der Waals surface area contributed by atoms with E-state index >= 15 is 0 Å². The van der Waals surface area contributed by atoms with E-state index in [1.54, 1.807) is 0 Å². The number of rotatable bonds is 7. The van der Waals surface area contributed by atoms with Crippen molar-refractivity contribution in [3.8, 4) is 45.5 Å². The van der Waals surface area contributed by atoms with Crippen LogP contribution in [0.2, 0.25) is 0 Å². The van der Waals surface area contributed by atoms with Gasteiger partial charge in [-0.2, -0.15) is 0 Å². The monoisotopic (exact) mass is 668 g/mol. The molecule has 7 aromatic carbocycles. The minimum atomic E-state index is 0.682. The normalized spacial score (nSPS) is 11.5. The molecule has 3 heterocycles. The third-order valence-corrected chi connectivity index (χ3v) is 9.70. The highest BCUT2D eigenvalue weighted by Gasteiger charge is 2.22. The quantitative estimate of drug-likeness (QED) is 0.170. The summed E-state index contributed by atoms with van der Waals surface area (Å²) in [4.78, 5) is 15.9. The van der Waals surface area contributed by atoms with Crippen molar-refractivity contribution in [2.75, 3.05) is 0 Å². The van der Waals surface area contributed by atoms with Gasteiger partial charge >= 0.3 is 0 Å². The molecule has 0 aliphatic carbocycles. The second-order valence-corrected chi connectivity index (χ2v) is 13.0. The lowest BCUT2D eigenvalue weighted by Crippen LogP contribution is -2.04. The van der Waals surface area contributed by atoms with Crippen LogP contribution in [0.1, 0.15) is 5.56 Å². The lowest BCUT2D eigenvalue weighted by molar-refractivity contribution is 0.834. The van der Waals surface area contributed by atoms with E-state index in [4.69, 9.17) is 15.0 Å². The molecule has 10 aromatic rings. The Hall–Kier alpha value is -7.05. The van der Waals surface area contributed by atoms with E-state index < -0.39 is 0 Å². The van der Waals surface area contributed by atoms with Crippen LogP contribution in [0.3, 0.4) is 0 Å². The lowest BCUT2D eigenvalue weighted by atomic mass is 10.0. The number of nitrogens with zero attached hydrogens (tertiary/aromatic N) is 6. The molecule has 0 saturated heterocycles. The summed E-state index contributed by atoms with van der Waals surface area (Å²) in [5.74, 6) is 2.59. The molecule has 0 spiro atoms. The smallest absolute Gasteiger partial charge is 0.145 e. The lowest BCUT2D eigenvalue weighted by Gasteiger charge is -2.15. The van der Waals surface area contributed by atoms with E-state index in [1.165, 1.54) is 5.56 Å². The topological polar surface area (TPSA) is 53.5 Å². The number of benzene rings is 7. The third-order valence-electron chi connectivity index (χ3n) is 9.70. The van der Waals surface area contributed by atoms with Gasteiger partial charge in [-0.15, -0.1) is 0 Å². The number of hydrogen-bond acceptors (Lipinski definition) is 3. The molecule has 0 N–H and O–H groups in total. The minimum Gasteiger partial charge on any atom is -0.319 e. The van der Waals surface area contributed by atoms with Crippen molar-refractivity contribution < 1.29 is 0 Å². The van der Waals surface area contributed by atoms with Gasteiger partial charge in [0.2, 0.25) is 0 Å². The molecule has 52 heavy (non-hydrogen) atoms. The van der Waals surface area contributed by atoms with Crippen molar-refractivity contribution in [2.45, 2.75) is 6.54 Å². The Balaban J connectivity index is 1.29. The SMILES string of the molecule is c1ccc(Cn2c(-c3cc(-c4nc5ccccc5n4-c4ccccc4)cc(-c4nc5ccccc5n4-c4ccccc4)c3)nc3ccccc32)cc1. The molecule has 246 valence electrons. The maximum absolute atomic E-state index is 5.30. The molecule has 0 saturated carbocycles. The van der Waals surface area contributed by atoms with Crippen molar-refractivity contribution in [1.29, 1.82) is 0 Å². The Morgan fingerprint density at radius 3 is 1.21 bits per heavy atom. The zero-order valence-electron chi connectivity index (χ0n) is 28.2. The van der Waals surface area contributed by atoms with Crippen LogP contribution in [-0.4, -0.2) is 28.7 Å². The first-order valence-corrected chi connectivity index (χ1v) is 17.5. The predicted molar refractivity (Wildman–Crippen MR) is 211 cm³/mol. The van der Waals surface area contributed by atoms with Crippen molar-refractivity contribution in [1.82, 2.24) is 28.7 Å². The molecule has 0 atom stereocenters. The number of fused-ring (bicyclic) bond motifs is 3. The van der Waals surface area contributed by atoms with Gasteiger partial charge in [-0.05, 0) is 84.4 Å². The van der Waals surface area contributed by atoms with E-state index in [0.717, 1.165) is 78.6 Å². The first-order chi connectivity index (χ1) is 25.8. The molecule has 0 aliphatic heterocycles. The van der Waals surface area contributed by atoms with Gasteiger partial charge in [0, 0.05) is 34.6 Å². The van der Waals surface area contributed by atoms with Crippen LogP contribution in [0, 0.1) is 0 Å². The maximum Gasteiger partial charge on any atom is 0.145 e. The highest BCUT2D eigenvalue weighted by atomic mass is 15.1. The summed E-state index contributed by atoms with van der Waals surface area (Å²) in [6.07, 6.45) is 0. The fraction of sp³-hybridized carbons (Fsp3) is 0.0217. The van der Waals surface area contributed by atoms with E-state index in [2.05, 4.69) is 171 Å². The van der Waals surface area contributed by atoms with Gasteiger partial charge in [-0.3, -0.25) is 9.13 Å². The number of imidazole rings is 3. The summed E-state index contributed by atoms with van der Waals surface area (Å²) in [5.41, 5.74) is 12.2. The molecule has 10 rings (SSSR count).